The normalized spacial score (nSPS) is 11.5. The summed E-state index contributed by atoms with van der Waals surface area (Å²) in [5, 5.41) is 5.62. The van der Waals surface area contributed by atoms with Crippen LogP contribution >= 0.6 is 0 Å². The van der Waals surface area contributed by atoms with Gasteiger partial charge in [0.2, 0.25) is 0 Å². The summed E-state index contributed by atoms with van der Waals surface area (Å²) in [7, 11) is 0. The summed E-state index contributed by atoms with van der Waals surface area (Å²) in [6, 6.07) is 18.0. The lowest BCUT2D eigenvalue weighted by atomic mass is 10.1. The van der Waals surface area contributed by atoms with Crippen molar-refractivity contribution in [3.05, 3.63) is 83.8 Å². The maximum atomic E-state index is 12.2. The van der Waals surface area contributed by atoms with E-state index >= 15 is 0 Å². The molecule has 28 heavy (non-hydrogen) atoms. The van der Waals surface area contributed by atoms with Crippen molar-refractivity contribution in [2.75, 3.05) is 11.9 Å². The quantitative estimate of drug-likeness (QED) is 0.649. The monoisotopic (exact) mass is 378 g/mol. The second kappa shape index (κ2) is 8.90. The van der Waals surface area contributed by atoms with Crippen LogP contribution in [0.4, 0.5) is 5.69 Å². The minimum absolute atomic E-state index is 0.115. The van der Waals surface area contributed by atoms with E-state index in [-0.39, 0.29) is 30.2 Å². The van der Waals surface area contributed by atoms with Gasteiger partial charge in [-0.3, -0.25) is 9.59 Å². The largest absolute Gasteiger partial charge is 0.484 e. The Balaban J connectivity index is 1.52. The molecule has 0 aliphatic carbocycles. The third kappa shape index (κ3) is 5.23. The van der Waals surface area contributed by atoms with Gasteiger partial charge in [0, 0.05) is 11.8 Å². The third-order valence-electron chi connectivity index (χ3n) is 4.16. The van der Waals surface area contributed by atoms with Crippen LogP contribution in [0, 0.1) is 6.92 Å². The van der Waals surface area contributed by atoms with Gasteiger partial charge >= 0.3 is 0 Å². The number of ether oxygens (including phenoxy) is 1. The Morgan fingerprint density at radius 1 is 1.07 bits per heavy atom. The van der Waals surface area contributed by atoms with Crippen LogP contribution < -0.4 is 15.4 Å². The number of aryl methyl sites for hydroxylation is 1. The maximum Gasteiger partial charge on any atom is 0.291 e. The van der Waals surface area contributed by atoms with Crippen molar-refractivity contribution in [1.29, 1.82) is 0 Å². The lowest BCUT2D eigenvalue weighted by Gasteiger charge is -2.15. The Hall–Kier alpha value is -3.54. The fraction of sp³-hybridized carbons (Fsp3) is 0.182. The van der Waals surface area contributed by atoms with Gasteiger partial charge in [0.25, 0.3) is 11.8 Å². The summed E-state index contributed by atoms with van der Waals surface area (Å²) in [6.45, 7) is 3.82. The smallest absolute Gasteiger partial charge is 0.291 e. The highest BCUT2D eigenvalue weighted by molar-refractivity contribution is 6.02. The van der Waals surface area contributed by atoms with Crippen LogP contribution in [0.25, 0.3) is 0 Å². The minimum atomic E-state index is -0.355. The molecule has 0 aliphatic heterocycles. The topological polar surface area (TPSA) is 80.6 Å². The molecule has 144 valence electrons. The molecule has 1 aromatic heterocycles. The molecule has 0 saturated carbocycles. The molecule has 3 aromatic rings. The number of hydrogen-bond acceptors (Lipinski definition) is 4. The summed E-state index contributed by atoms with van der Waals surface area (Å²) >= 11 is 0. The number of hydrogen-bond donors (Lipinski definition) is 2. The first-order chi connectivity index (χ1) is 13.5. The average Bonchev–Trinajstić information content (AvgIpc) is 3.22. The molecule has 2 N–H and O–H groups in total. The van der Waals surface area contributed by atoms with Crippen LogP contribution in [0.3, 0.4) is 0 Å². The van der Waals surface area contributed by atoms with Gasteiger partial charge in [-0.15, -0.1) is 0 Å². The van der Waals surface area contributed by atoms with Gasteiger partial charge in [-0.25, -0.2) is 0 Å². The SMILES string of the molecule is Cc1ccc(C(C)NC(=O)COc2cccc(NC(=O)c3ccco3)c2)cc1. The molecule has 1 heterocycles. The van der Waals surface area contributed by atoms with Gasteiger partial charge < -0.3 is 19.8 Å². The molecule has 0 spiro atoms. The minimum Gasteiger partial charge on any atom is -0.484 e. The second-order valence-corrected chi connectivity index (χ2v) is 6.45. The number of rotatable bonds is 7. The van der Waals surface area contributed by atoms with E-state index in [9.17, 15) is 9.59 Å². The molecular formula is C22H22N2O4. The molecule has 0 saturated heterocycles. The van der Waals surface area contributed by atoms with Crippen molar-refractivity contribution < 1.29 is 18.7 Å². The predicted molar refractivity (Wildman–Crippen MR) is 106 cm³/mol. The average molecular weight is 378 g/mol. The molecule has 6 heteroatoms. The molecule has 0 fully saturated rings. The summed E-state index contributed by atoms with van der Waals surface area (Å²) in [5.41, 5.74) is 2.75. The lowest BCUT2D eigenvalue weighted by Crippen LogP contribution is -2.31. The van der Waals surface area contributed by atoms with Crippen molar-refractivity contribution in [3.63, 3.8) is 0 Å². The van der Waals surface area contributed by atoms with E-state index < -0.39 is 0 Å². The summed E-state index contributed by atoms with van der Waals surface area (Å²) in [6.07, 6.45) is 1.44. The van der Waals surface area contributed by atoms with Crippen molar-refractivity contribution in [1.82, 2.24) is 5.32 Å². The zero-order chi connectivity index (χ0) is 19.9. The van der Waals surface area contributed by atoms with Crippen LogP contribution in [-0.4, -0.2) is 18.4 Å². The first-order valence-electron chi connectivity index (χ1n) is 8.95. The Kier molecular flexibility index (Phi) is 6.11. The Labute approximate surface area is 163 Å². The molecule has 0 radical (unpaired) electrons. The molecule has 2 aromatic carbocycles. The first-order valence-corrected chi connectivity index (χ1v) is 8.95. The van der Waals surface area contributed by atoms with Gasteiger partial charge in [-0.05, 0) is 43.7 Å². The third-order valence-corrected chi connectivity index (χ3v) is 4.16. The van der Waals surface area contributed by atoms with Gasteiger partial charge in [0.1, 0.15) is 5.75 Å². The van der Waals surface area contributed by atoms with Gasteiger partial charge in [0.15, 0.2) is 12.4 Å². The van der Waals surface area contributed by atoms with E-state index in [1.54, 1.807) is 36.4 Å². The van der Waals surface area contributed by atoms with Crippen molar-refractivity contribution in [2.24, 2.45) is 0 Å². The van der Waals surface area contributed by atoms with Crippen molar-refractivity contribution in [3.8, 4) is 5.75 Å². The summed E-state index contributed by atoms with van der Waals surface area (Å²) in [5.74, 6) is 0.121. The van der Waals surface area contributed by atoms with Crippen molar-refractivity contribution in [2.45, 2.75) is 19.9 Å². The van der Waals surface area contributed by atoms with E-state index in [4.69, 9.17) is 9.15 Å². The highest BCUT2D eigenvalue weighted by atomic mass is 16.5. The van der Waals surface area contributed by atoms with Crippen LogP contribution in [-0.2, 0) is 4.79 Å². The maximum absolute atomic E-state index is 12.2. The molecule has 0 aliphatic rings. The predicted octanol–water partition coefficient (Wildman–Crippen LogP) is 4.10. The fourth-order valence-electron chi connectivity index (χ4n) is 2.63. The number of furan rings is 1. The van der Waals surface area contributed by atoms with E-state index in [1.165, 1.54) is 11.8 Å². The Bertz CT molecular complexity index is 933. The zero-order valence-electron chi connectivity index (χ0n) is 15.8. The fourth-order valence-corrected chi connectivity index (χ4v) is 2.63. The second-order valence-electron chi connectivity index (χ2n) is 6.45. The zero-order valence-corrected chi connectivity index (χ0v) is 15.8. The standard InChI is InChI=1S/C22H22N2O4/c1-15-8-10-17(11-9-15)16(2)23-21(25)14-28-19-6-3-5-18(13-19)24-22(26)20-7-4-12-27-20/h3-13,16H,14H2,1-2H3,(H,23,25)(H,24,26). The Morgan fingerprint density at radius 3 is 2.57 bits per heavy atom. The van der Waals surface area contributed by atoms with E-state index in [1.807, 2.05) is 38.1 Å². The van der Waals surface area contributed by atoms with Crippen molar-refractivity contribution >= 4 is 17.5 Å². The summed E-state index contributed by atoms with van der Waals surface area (Å²) < 4.78 is 10.6. The lowest BCUT2D eigenvalue weighted by molar-refractivity contribution is -0.123. The van der Waals surface area contributed by atoms with Gasteiger partial charge in [-0.1, -0.05) is 35.9 Å². The molecule has 0 bridgehead atoms. The number of benzene rings is 2. The number of carbonyl (C=O) groups excluding carboxylic acids is 2. The van der Waals surface area contributed by atoms with Gasteiger partial charge in [0.05, 0.1) is 12.3 Å². The van der Waals surface area contributed by atoms with E-state index in [0.29, 0.717) is 11.4 Å². The molecule has 1 unspecified atom stereocenters. The van der Waals surface area contributed by atoms with Crippen LogP contribution in [0.5, 0.6) is 5.75 Å². The number of carbonyl (C=O) groups is 2. The first kappa shape index (κ1) is 19.2. The summed E-state index contributed by atoms with van der Waals surface area (Å²) in [4.78, 5) is 24.2. The highest BCUT2D eigenvalue weighted by Gasteiger charge is 2.11. The molecule has 2 amide bonds. The van der Waals surface area contributed by atoms with Gasteiger partial charge in [-0.2, -0.15) is 0 Å². The van der Waals surface area contributed by atoms with E-state index in [0.717, 1.165) is 5.56 Å². The molecule has 1 atom stereocenters. The highest BCUT2D eigenvalue weighted by Crippen LogP contribution is 2.18. The van der Waals surface area contributed by atoms with Crippen LogP contribution in [0.15, 0.2) is 71.3 Å². The number of nitrogens with one attached hydrogen (secondary N) is 2. The Morgan fingerprint density at radius 2 is 1.86 bits per heavy atom. The van der Waals surface area contributed by atoms with E-state index in [2.05, 4.69) is 10.6 Å². The molecular weight excluding hydrogens is 356 g/mol. The molecule has 6 nitrogen and oxygen atoms in total. The molecule has 3 rings (SSSR count). The number of amides is 2. The number of anilines is 1. The van der Waals surface area contributed by atoms with Crippen LogP contribution in [0.2, 0.25) is 0 Å². The van der Waals surface area contributed by atoms with Crippen LogP contribution in [0.1, 0.15) is 34.6 Å².